The van der Waals surface area contributed by atoms with E-state index in [9.17, 15) is 9.18 Å². The fraction of sp³-hybridized carbons (Fsp3) is 0.750. The van der Waals surface area contributed by atoms with E-state index in [2.05, 4.69) is 12.6 Å². The van der Waals surface area contributed by atoms with Gasteiger partial charge in [0.05, 0.1) is 7.11 Å². The number of halogens is 1. The minimum absolute atomic E-state index is 0.929. The SMILES string of the molecule is [B]C(C)(F)C(=O)OC. The molecule has 0 aromatic heterocycles. The highest BCUT2D eigenvalue weighted by atomic mass is 19.1. The molecule has 1 unspecified atom stereocenters. The number of carbonyl (C=O) groups excluding carboxylic acids is 1. The summed E-state index contributed by atoms with van der Waals surface area (Å²) in [4.78, 5) is 10.1. The first kappa shape index (κ1) is 7.46. The molecule has 0 saturated heterocycles. The van der Waals surface area contributed by atoms with E-state index < -0.39 is 11.5 Å². The van der Waals surface area contributed by atoms with Crippen LogP contribution in [0.5, 0.6) is 0 Å². The minimum Gasteiger partial charge on any atom is -0.467 e. The highest BCUT2D eigenvalue weighted by Gasteiger charge is 2.26. The number of alkyl halides is 1. The van der Waals surface area contributed by atoms with E-state index in [1.807, 2.05) is 0 Å². The van der Waals surface area contributed by atoms with E-state index >= 15 is 0 Å². The van der Waals surface area contributed by atoms with Crippen molar-refractivity contribution >= 4 is 13.8 Å². The van der Waals surface area contributed by atoms with Crippen molar-refractivity contribution in [2.75, 3.05) is 7.11 Å². The first-order valence-corrected chi connectivity index (χ1v) is 2.04. The average molecular weight is 116 g/mol. The third kappa shape index (κ3) is 1.96. The summed E-state index contributed by atoms with van der Waals surface area (Å²) < 4.78 is 16.1. The van der Waals surface area contributed by atoms with Crippen LogP contribution in [0.4, 0.5) is 4.39 Å². The van der Waals surface area contributed by atoms with E-state index in [-0.39, 0.29) is 0 Å². The Morgan fingerprint density at radius 1 is 1.88 bits per heavy atom. The number of carbonyl (C=O) groups is 1. The zero-order chi connectivity index (χ0) is 6.78. The Kier molecular flexibility index (Phi) is 2.01. The second-order valence-electron chi connectivity index (χ2n) is 1.57. The lowest BCUT2D eigenvalue weighted by atomic mass is 9.86. The maximum Gasteiger partial charge on any atom is 0.333 e. The lowest BCUT2D eigenvalue weighted by molar-refractivity contribution is -0.148. The Balaban J connectivity index is 3.82. The zero-order valence-electron chi connectivity index (χ0n) is 4.77. The van der Waals surface area contributed by atoms with Crippen LogP contribution in [0.25, 0.3) is 0 Å². The number of esters is 1. The lowest BCUT2D eigenvalue weighted by Gasteiger charge is -2.09. The van der Waals surface area contributed by atoms with Crippen LogP contribution in [0.1, 0.15) is 6.92 Å². The molecule has 2 radical (unpaired) electrons. The van der Waals surface area contributed by atoms with Crippen molar-refractivity contribution in [2.45, 2.75) is 12.5 Å². The Labute approximate surface area is 48.4 Å². The molecule has 0 spiro atoms. The van der Waals surface area contributed by atoms with Gasteiger partial charge in [0.1, 0.15) is 7.85 Å². The van der Waals surface area contributed by atoms with Gasteiger partial charge < -0.3 is 4.74 Å². The molecule has 0 rings (SSSR count). The molecular weight excluding hydrogens is 110 g/mol. The summed E-state index contributed by atoms with van der Waals surface area (Å²) in [7, 11) is 5.72. The molecule has 0 fully saturated rings. The van der Waals surface area contributed by atoms with Crippen LogP contribution >= 0.6 is 0 Å². The van der Waals surface area contributed by atoms with Gasteiger partial charge in [-0.3, -0.25) is 0 Å². The van der Waals surface area contributed by atoms with Gasteiger partial charge in [-0.05, 0) is 6.92 Å². The minimum atomic E-state index is -2.35. The Morgan fingerprint density at radius 3 is 2.25 bits per heavy atom. The van der Waals surface area contributed by atoms with Gasteiger partial charge in [0, 0.05) is 0 Å². The normalized spacial score (nSPS) is 16.9. The van der Waals surface area contributed by atoms with Crippen molar-refractivity contribution in [2.24, 2.45) is 0 Å². The van der Waals surface area contributed by atoms with E-state index in [1.54, 1.807) is 0 Å². The molecule has 0 amide bonds. The van der Waals surface area contributed by atoms with Crippen LogP contribution in [-0.2, 0) is 9.53 Å². The van der Waals surface area contributed by atoms with Crippen molar-refractivity contribution < 1.29 is 13.9 Å². The quantitative estimate of drug-likeness (QED) is 0.356. The van der Waals surface area contributed by atoms with Crippen LogP contribution in [0.3, 0.4) is 0 Å². The van der Waals surface area contributed by atoms with Crippen LogP contribution in [0.15, 0.2) is 0 Å². The second-order valence-corrected chi connectivity index (χ2v) is 1.57. The first-order chi connectivity index (χ1) is 3.48. The van der Waals surface area contributed by atoms with Crippen molar-refractivity contribution in [1.82, 2.24) is 0 Å². The summed E-state index contributed by atoms with van der Waals surface area (Å²) in [5, 5.41) is 0. The fourth-order valence-electron chi connectivity index (χ4n) is 0.200. The first-order valence-electron chi connectivity index (χ1n) is 2.04. The molecule has 0 saturated carbocycles. The summed E-state index contributed by atoms with van der Waals surface area (Å²) in [5.74, 6) is -1.06. The van der Waals surface area contributed by atoms with Crippen LogP contribution in [-0.4, -0.2) is 26.5 Å². The molecule has 1 atom stereocenters. The van der Waals surface area contributed by atoms with Crippen molar-refractivity contribution in [3.63, 3.8) is 0 Å². The summed E-state index contributed by atoms with van der Waals surface area (Å²) in [6.07, 6.45) is 0. The number of hydrogen-bond donors (Lipinski definition) is 0. The maximum absolute atomic E-state index is 12.1. The molecule has 2 nitrogen and oxygen atoms in total. The van der Waals surface area contributed by atoms with Gasteiger partial charge in [-0.2, -0.15) is 0 Å². The van der Waals surface area contributed by atoms with Crippen molar-refractivity contribution in [1.29, 1.82) is 0 Å². The molecule has 44 valence electrons. The molecule has 0 heterocycles. The van der Waals surface area contributed by atoms with Crippen LogP contribution in [0, 0.1) is 0 Å². The highest BCUT2D eigenvalue weighted by molar-refractivity contribution is 6.25. The number of rotatable bonds is 1. The Bertz CT molecular complexity index is 96.7. The lowest BCUT2D eigenvalue weighted by Crippen LogP contribution is -2.31. The van der Waals surface area contributed by atoms with Gasteiger partial charge in [-0.1, -0.05) is 0 Å². The predicted molar refractivity (Wildman–Crippen MR) is 27.3 cm³/mol. The van der Waals surface area contributed by atoms with E-state index in [4.69, 9.17) is 0 Å². The largest absolute Gasteiger partial charge is 0.467 e. The number of ether oxygens (including phenoxy) is 1. The third-order valence-electron chi connectivity index (χ3n) is 0.585. The predicted octanol–water partition coefficient (Wildman–Crippen LogP) is 0.0136. The molecule has 0 aromatic carbocycles. The summed E-state index contributed by atoms with van der Waals surface area (Å²) in [6.45, 7) is 0.929. The van der Waals surface area contributed by atoms with Gasteiger partial charge >= 0.3 is 5.97 Å². The van der Waals surface area contributed by atoms with Crippen molar-refractivity contribution in [3.05, 3.63) is 0 Å². The summed E-state index contributed by atoms with van der Waals surface area (Å²) >= 11 is 0. The van der Waals surface area contributed by atoms with Gasteiger partial charge in [-0.25, -0.2) is 9.18 Å². The molecule has 0 aliphatic rings. The van der Waals surface area contributed by atoms with Crippen molar-refractivity contribution in [3.8, 4) is 0 Å². The maximum atomic E-state index is 12.1. The van der Waals surface area contributed by atoms with Gasteiger partial charge in [0.2, 0.25) is 0 Å². The fourth-order valence-corrected chi connectivity index (χ4v) is 0.200. The molecule has 0 aromatic rings. The van der Waals surface area contributed by atoms with Gasteiger partial charge in [0.25, 0.3) is 0 Å². The Hall–Kier alpha value is -0.535. The molecule has 0 bridgehead atoms. The molecule has 4 heteroatoms. The number of methoxy groups -OCH3 is 1. The second kappa shape index (κ2) is 2.16. The smallest absolute Gasteiger partial charge is 0.333 e. The van der Waals surface area contributed by atoms with E-state index in [0.29, 0.717) is 0 Å². The third-order valence-corrected chi connectivity index (χ3v) is 0.585. The molecule has 8 heavy (non-hydrogen) atoms. The van der Waals surface area contributed by atoms with Crippen LogP contribution < -0.4 is 0 Å². The van der Waals surface area contributed by atoms with E-state index in [0.717, 1.165) is 14.0 Å². The molecule has 0 N–H and O–H groups in total. The van der Waals surface area contributed by atoms with Gasteiger partial charge in [-0.15, -0.1) is 0 Å². The standard InChI is InChI=1S/C4H6BFO2/c1-4(5,6)3(7)8-2/h1-2H3. The molecule has 0 aliphatic carbocycles. The molecule has 0 aliphatic heterocycles. The summed E-state index contributed by atoms with van der Waals surface area (Å²) in [5.41, 5.74) is -2.35. The van der Waals surface area contributed by atoms with Crippen LogP contribution in [0.2, 0.25) is 0 Å². The van der Waals surface area contributed by atoms with Gasteiger partial charge in [0.15, 0.2) is 5.57 Å². The Morgan fingerprint density at radius 2 is 2.25 bits per heavy atom. The molecular formula is C4H6BFO2. The zero-order valence-corrected chi connectivity index (χ0v) is 4.77. The van der Waals surface area contributed by atoms with E-state index in [1.165, 1.54) is 0 Å². The average Bonchev–Trinajstić information content (AvgIpc) is 1.62. The topological polar surface area (TPSA) is 26.3 Å². The monoisotopic (exact) mass is 116 g/mol. The summed E-state index contributed by atoms with van der Waals surface area (Å²) in [6, 6.07) is 0. The highest BCUT2D eigenvalue weighted by Crippen LogP contribution is 2.04. The number of hydrogen-bond acceptors (Lipinski definition) is 2.